The maximum atomic E-state index is 6.14. The molecular weight excluding hydrogens is 414 g/mol. The maximum Gasteiger partial charge on any atom is 0.132 e. The summed E-state index contributed by atoms with van der Waals surface area (Å²) in [6, 6.07) is 41.4. The molecule has 1 aliphatic rings. The van der Waals surface area contributed by atoms with Crippen molar-refractivity contribution in [3.63, 3.8) is 0 Å². The molecule has 0 atom stereocenters. The summed E-state index contributed by atoms with van der Waals surface area (Å²) in [7, 11) is 0. The Morgan fingerprint density at radius 1 is 0.559 bits per heavy atom. The minimum Gasteiger partial charge on any atom is -0.492 e. The minimum atomic E-state index is 0.760. The third kappa shape index (κ3) is 2.96. The Hall–Kier alpha value is -4.30. The molecule has 1 aromatic heterocycles. The Bertz CT molecular complexity index is 1600. The summed E-state index contributed by atoms with van der Waals surface area (Å²) in [6.07, 6.45) is 0.979. The Morgan fingerprint density at radius 3 is 1.91 bits per heavy atom. The summed E-state index contributed by atoms with van der Waals surface area (Å²) in [5.74, 6) is 1.05. The zero-order valence-corrected chi connectivity index (χ0v) is 18.7. The lowest BCUT2D eigenvalue weighted by molar-refractivity contribution is 0.360. The van der Waals surface area contributed by atoms with E-state index in [2.05, 4.69) is 120 Å². The standard InChI is InChI=1S/C32H23NO/c1-3-9-22(10-4-1)25-19-26(23-11-5-2-6-12-23)21-27(20-25)33-29-14-8-7-13-28(29)31-30(33)16-15-24-17-18-34-32(24)31/h1-16,19-21H,17-18H2. The van der Waals surface area contributed by atoms with Gasteiger partial charge in [0.1, 0.15) is 5.75 Å². The van der Waals surface area contributed by atoms with Crippen LogP contribution in [0.3, 0.4) is 0 Å². The topological polar surface area (TPSA) is 14.2 Å². The van der Waals surface area contributed by atoms with Crippen molar-refractivity contribution in [2.45, 2.75) is 6.42 Å². The number of rotatable bonds is 3. The van der Waals surface area contributed by atoms with E-state index in [0.717, 1.165) is 24.5 Å². The lowest BCUT2D eigenvalue weighted by Crippen LogP contribution is -1.96. The number of para-hydroxylation sites is 1. The number of aromatic nitrogens is 1. The van der Waals surface area contributed by atoms with Crippen LogP contribution >= 0.6 is 0 Å². The van der Waals surface area contributed by atoms with Crippen molar-refractivity contribution in [3.05, 3.63) is 121 Å². The highest BCUT2D eigenvalue weighted by atomic mass is 16.5. The van der Waals surface area contributed by atoms with Crippen LogP contribution in [0.2, 0.25) is 0 Å². The van der Waals surface area contributed by atoms with Gasteiger partial charge >= 0.3 is 0 Å². The van der Waals surface area contributed by atoms with Crippen molar-refractivity contribution in [2.24, 2.45) is 0 Å². The van der Waals surface area contributed by atoms with E-state index in [9.17, 15) is 0 Å². The molecule has 0 spiro atoms. The van der Waals surface area contributed by atoms with Gasteiger partial charge in [-0.15, -0.1) is 0 Å². The Morgan fingerprint density at radius 2 is 1.21 bits per heavy atom. The minimum absolute atomic E-state index is 0.760. The largest absolute Gasteiger partial charge is 0.492 e. The van der Waals surface area contributed by atoms with Crippen LogP contribution in [0.1, 0.15) is 5.56 Å². The van der Waals surface area contributed by atoms with Crippen LogP contribution < -0.4 is 4.74 Å². The number of nitrogens with zero attached hydrogens (tertiary/aromatic N) is 1. The second-order valence-electron chi connectivity index (χ2n) is 8.90. The normalized spacial score (nSPS) is 12.7. The average Bonchev–Trinajstić information content (AvgIpc) is 3.52. The monoisotopic (exact) mass is 437 g/mol. The highest BCUT2D eigenvalue weighted by molar-refractivity contribution is 6.13. The highest BCUT2D eigenvalue weighted by Gasteiger charge is 2.22. The van der Waals surface area contributed by atoms with Crippen LogP contribution in [-0.2, 0) is 6.42 Å². The SMILES string of the molecule is c1ccc(-c2cc(-c3ccccc3)cc(-n3c4ccccc4c4c5c(ccc43)CCO5)c2)cc1. The molecule has 2 heteroatoms. The third-order valence-corrected chi connectivity index (χ3v) is 6.88. The molecule has 6 aromatic rings. The number of hydrogen-bond acceptors (Lipinski definition) is 1. The van der Waals surface area contributed by atoms with E-state index in [-0.39, 0.29) is 0 Å². The summed E-state index contributed by atoms with van der Waals surface area (Å²) in [6.45, 7) is 0.760. The number of hydrogen-bond donors (Lipinski definition) is 0. The molecule has 0 bridgehead atoms. The second-order valence-corrected chi connectivity index (χ2v) is 8.90. The molecule has 5 aromatic carbocycles. The average molecular weight is 438 g/mol. The fourth-order valence-electron chi connectivity index (χ4n) is 5.31. The molecule has 0 radical (unpaired) electrons. The number of fused-ring (bicyclic) bond motifs is 5. The number of benzene rings is 5. The first-order chi connectivity index (χ1) is 16.9. The highest BCUT2D eigenvalue weighted by Crippen LogP contribution is 2.42. The van der Waals surface area contributed by atoms with E-state index in [1.807, 2.05) is 0 Å². The van der Waals surface area contributed by atoms with Gasteiger partial charge in [0.2, 0.25) is 0 Å². The molecule has 0 amide bonds. The van der Waals surface area contributed by atoms with Gasteiger partial charge in [0, 0.05) is 17.5 Å². The van der Waals surface area contributed by atoms with Gasteiger partial charge in [0.05, 0.1) is 23.0 Å². The summed E-state index contributed by atoms with van der Waals surface area (Å²) < 4.78 is 8.54. The van der Waals surface area contributed by atoms with Crippen LogP contribution in [0.25, 0.3) is 49.7 Å². The van der Waals surface area contributed by atoms with Gasteiger partial charge in [-0.05, 0) is 58.1 Å². The van der Waals surface area contributed by atoms with Crippen LogP contribution in [-0.4, -0.2) is 11.2 Å². The van der Waals surface area contributed by atoms with Gasteiger partial charge in [0.25, 0.3) is 0 Å². The second kappa shape index (κ2) is 7.64. The van der Waals surface area contributed by atoms with Gasteiger partial charge in [0.15, 0.2) is 0 Å². The molecule has 0 aliphatic carbocycles. The molecule has 0 fully saturated rings. The first-order valence-electron chi connectivity index (χ1n) is 11.8. The van der Waals surface area contributed by atoms with Crippen molar-refractivity contribution >= 4 is 21.8 Å². The Kier molecular flexibility index (Phi) is 4.31. The lowest BCUT2D eigenvalue weighted by Gasteiger charge is -2.14. The summed E-state index contributed by atoms with van der Waals surface area (Å²) in [4.78, 5) is 0. The molecule has 0 N–H and O–H groups in total. The fourth-order valence-corrected chi connectivity index (χ4v) is 5.31. The Labute approximate surface area is 198 Å². The molecule has 0 saturated heterocycles. The molecule has 1 aliphatic heterocycles. The summed E-state index contributed by atoms with van der Waals surface area (Å²) in [5.41, 5.74) is 9.69. The van der Waals surface area contributed by atoms with Crippen molar-refractivity contribution in [3.8, 4) is 33.7 Å². The number of ether oxygens (including phenoxy) is 1. The summed E-state index contributed by atoms with van der Waals surface area (Å²) in [5, 5.41) is 2.46. The molecular formula is C32H23NO. The van der Waals surface area contributed by atoms with Gasteiger partial charge in [-0.25, -0.2) is 0 Å². The van der Waals surface area contributed by atoms with Gasteiger partial charge in [-0.3, -0.25) is 0 Å². The van der Waals surface area contributed by atoms with Gasteiger partial charge in [-0.2, -0.15) is 0 Å². The van der Waals surface area contributed by atoms with Crippen LogP contribution in [0.15, 0.2) is 115 Å². The van der Waals surface area contributed by atoms with E-state index in [1.54, 1.807) is 0 Å². The molecule has 34 heavy (non-hydrogen) atoms. The molecule has 162 valence electrons. The van der Waals surface area contributed by atoms with E-state index >= 15 is 0 Å². The first-order valence-corrected chi connectivity index (χ1v) is 11.8. The molecule has 7 rings (SSSR count). The fraction of sp³-hybridized carbons (Fsp3) is 0.0625. The van der Waals surface area contributed by atoms with Crippen molar-refractivity contribution < 1.29 is 4.74 Å². The molecule has 0 saturated carbocycles. The quantitative estimate of drug-likeness (QED) is 0.273. The van der Waals surface area contributed by atoms with Gasteiger partial charge in [-0.1, -0.05) is 84.9 Å². The molecule has 2 nitrogen and oxygen atoms in total. The van der Waals surface area contributed by atoms with E-state index in [1.165, 1.54) is 49.6 Å². The predicted molar refractivity (Wildman–Crippen MR) is 141 cm³/mol. The van der Waals surface area contributed by atoms with Crippen molar-refractivity contribution in [2.75, 3.05) is 6.61 Å². The summed E-state index contributed by atoms with van der Waals surface area (Å²) >= 11 is 0. The van der Waals surface area contributed by atoms with Crippen molar-refractivity contribution in [1.29, 1.82) is 0 Å². The van der Waals surface area contributed by atoms with Crippen molar-refractivity contribution in [1.82, 2.24) is 4.57 Å². The molecule has 2 heterocycles. The Balaban J connectivity index is 1.57. The van der Waals surface area contributed by atoms with E-state index < -0.39 is 0 Å². The lowest BCUT2D eigenvalue weighted by atomic mass is 9.98. The third-order valence-electron chi connectivity index (χ3n) is 6.88. The van der Waals surface area contributed by atoms with E-state index in [0.29, 0.717) is 0 Å². The van der Waals surface area contributed by atoms with Crippen LogP contribution in [0, 0.1) is 0 Å². The van der Waals surface area contributed by atoms with Crippen LogP contribution in [0.4, 0.5) is 0 Å². The van der Waals surface area contributed by atoms with Crippen LogP contribution in [0.5, 0.6) is 5.75 Å². The van der Waals surface area contributed by atoms with E-state index in [4.69, 9.17) is 4.74 Å². The zero-order valence-electron chi connectivity index (χ0n) is 18.7. The smallest absolute Gasteiger partial charge is 0.132 e. The predicted octanol–water partition coefficient (Wildman–Crippen LogP) is 8.05. The first kappa shape index (κ1) is 19.2. The van der Waals surface area contributed by atoms with Gasteiger partial charge < -0.3 is 9.30 Å². The maximum absolute atomic E-state index is 6.14. The molecule has 0 unspecified atom stereocenters. The zero-order chi connectivity index (χ0) is 22.5.